The molecule has 5 nitrogen and oxygen atoms in total. The lowest BCUT2D eigenvalue weighted by Crippen LogP contribution is -2.55. The molecular weight excluding hydrogens is 333 g/mol. The highest BCUT2D eigenvalue weighted by Gasteiger charge is 2.46. The summed E-state index contributed by atoms with van der Waals surface area (Å²) in [7, 11) is 0. The van der Waals surface area contributed by atoms with Gasteiger partial charge < -0.3 is 10.6 Å². The molecule has 1 aliphatic rings. The summed E-state index contributed by atoms with van der Waals surface area (Å²) in [5.74, 6) is -1.78. The third-order valence-electron chi connectivity index (χ3n) is 4.46. The van der Waals surface area contributed by atoms with Crippen LogP contribution in [0.5, 0.6) is 0 Å². The van der Waals surface area contributed by atoms with E-state index in [1.807, 2.05) is 20.8 Å². The highest BCUT2D eigenvalue weighted by Crippen LogP contribution is 2.33. The lowest BCUT2D eigenvalue weighted by atomic mass is 9.91. The third kappa shape index (κ3) is 4.17. The summed E-state index contributed by atoms with van der Waals surface area (Å²) >= 11 is 0. The van der Waals surface area contributed by atoms with Crippen molar-refractivity contribution in [1.29, 1.82) is 0 Å². The number of nitrogens with two attached hydrogens (primary N) is 1. The molecule has 1 saturated heterocycles. The first-order valence-corrected chi connectivity index (χ1v) is 7.22. The molecular formula is C14H22ClF3N4O. The lowest BCUT2D eigenvalue weighted by Gasteiger charge is -2.37. The molecule has 132 valence electrons. The minimum Gasteiger partial charge on any atom is -0.340 e. The molecule has 0 aliphatic carbocycles. The van der Waals surface area contributed by atoms with Crippen molar-refractivity contribution in [3.63, 3.8) is 0 Å². The summed E-state index contributed by atoms with van der Waals surface area (Å²) < 4.78 is 39.9. The second kappa shape index (κ2) is 7.09. The first-order valence-electron chi connectivity index (χ1n) is 7.22. The average molecular weight is 355 g/mol. The molecule has 1 aromatic rings. The van der Waals surface area contributed by atoms with E-state index in [2.05, 4.69) is 5.10 Å². The number of alkyl halides is 3. The maximum absolute atomic E-state index is 12.8. The Morgan fingerprint density at radius 1 is 1.35 bits per heavy atom. The van der Waals surface area contributed by atoms with Gasteiger partial charge in [-0.25, -0.2) is 0 Å². The molecule has 0 aromatic carbocycles. The van der Waals surface area contributed by atoms with Crippen molar-refractivity contribution >= 4 is 18.3 Å². The van der Waals surface area contributed by atoms with E-state index in [0.717, 1.165) is 17.0 Å². The normalized spacial score (nSPS) is 22.0. The number of likely N-dealkylation sites (tertiary alicyclic amines) is 1. The average Bonchev–Trinajstić information content (AvgIpc) is 2.64. The molecule has 0 radical (unpaired) electrons. The fraction of sp³-hybridized carbons (Fsp3) is 0.714. The number of halogens is 4. The highest BCUT2D eigenvalue weighted by atomic mass is 35.5. The molecule has 1 fully saturated rings. The number of hydrogen-bond acceptors (Lipinski definition) is 3. The van der Waals surface area contributed by atoms with Gasteiger partial charge in [0.2, 0.25) is 5.91 Å². The summed E-state index contributed by atoms with van der Waals surface area (Å²) in [5.41, 5.74) is 8.36. The van der Waals surface area contributed by atoms with Crippen LogP contribution >= 0.6 is 12.4 Å². The Bertz CT molecular complexity index is 573. The molecule has 2 unspecified atom stereocenters. The number of aromatic nitrogens is 2. The molecule has 1 amide bonds. The predicted molar refractivity (Wildman–Crippen MR) is 82.4 cm³/mol. The molecule has 2 heterocycles. The number of rotatable bonds is 2. The van der Waals surface area contributed by atoms with Crippen molar-refractivity contribution < 1.29 is 18.0 Å². The number of piperidine rings is 1. The van der Waals surface area contributed by atoms with Crippen molar-refractivity contribution in [3.05, 3.63) is 17.0 Å². The van der Waals surface area contributed by atoms with Crippen molar-refractivity contribution in [2.24, 2.45) is 11.7 Å². The van der Waals surface area contributed by atoms with E-state index in [1.54, 1.807) is 4.68 Å². The van der Waals surface area contributed by atoms with E-state index in [1.165, 1.54) is 4.90 Å². The quantitative estimate of drug-likeness (QED) is 0.883. The van der Waals surface area contributed by atoms with Gasteiger partial charge in [-0.05, 0) is 32.8 Å². The number of nitrogens with zero attached hydrogens (tertiary/aromatic N) is 3. The summed E-state index contributed by atoms with van der Waals surface area (Å²) in [4.78, 5) is 13.7. The van der Waals surface area contributed by atoms with Crippen molar-refractivity contribution in [2.45, 2.75) is 46.0 Å². The summed E-state index contributed by atoms with van der Waals surface area (Å²) in [5, 5.41) is 4.28. The van der Waals surface area contributed by atoms with Gasteiger partial charge in [0.15, 0.2) is 0 Å². The fourth-order valence-electron chi connectivity index (χ4n) is 2.78. The van der Waals surface area contributed by atoms with Gasteiger partial charge in [-0.2, -0.15) is 18.3 Å². The minimum absolute atomic E-state index is 0. The zero-order chi connectivity index (χ0) is 16.7. The third-order valence-corrected chi connectivity index (χ3v) is 4.46. The molecule has 2 atom stereocenters. The van der Waals surface area contributed by atoms with Crippen molar-refractivity contribution in [3.8, 4) is 0 Å². The molecule has 2 rings (SSSR count). The van der Waals surface area contributed by atoms with Crippen LogP contribution in [0, 0.1) is 26.7 Å². The Balaban J connectivity index is 0.00000264. The van der Waals surface area contributed by atoms with Crippen LogP contribution in [-0.4, -0.2) is 45.9 Å². The van der Waals surface area contributed by atoms with E-state index < -0.39 is 18.1 Å². The van der Waals surface area contributed by atoms with E-state index >= 15 is 0 Å². The van der Waals surface area contributed by atoms with Crippen LogP contribution in [0.25, 0.3) is 0 Å². The largest absolute Gasteiger partial charge is 0.393 e. The fourth-order valence-corrected chi connectivity index (χ4v) is 2.78. The van der Waals surface area contributed by atoms with Crippen LogP contribution in [0.3, 0.4) is 0 Å². The number of carbonyl (C=O) groups excluding carboxylic acids is 1. The lowest BCUT2D eigenvalue weighted by molar-refractivity contribution is -0.191. The zero-order valence-electron chi connectivity index (χ0n) is 13.4. The summed E-state index contributed by atoms with van der Waals surface area (Å²) in [6.45, 7) is 5.68. The molecule has 0 spiro atoms. The van der Waals surface area contributed by atoms with Crippen LogP contribution in [0.15, 0.2) is 0 Å². The SMILES string of the molecule is Cc1nn(CC(=O)N2CCC(C(F)(F)F)C(N)C2)c(C)c1C.Cl. The van der Waals surface area contributed by atoms with Gasteiger partial charge in [0, 0.05) is 24.8 Å². The Hall–Kier alpha value is -1.28. The van der Waals surface area contributed by atoms with E-state index in [-0.39, 0.29) is 44.4 Å². The highest BCUT2D eigenvalue weighted by molar-refractivity contribution is 5.85. The molecule has 0 bridgehead atoms. The van der Waals surface area contributed by atoms with Gasteiger partial charge >= 0.3 is 6.18 Å². The molecule has 23 heavy (non-hydrogen) atoms. The molecule has 0 saturated carbocycles. The van der Waals surface area contributed by atoms with E-state index in [9.17, 15) is 18.0 Å². The second-order valence-electron chi connectivity index (χ2n) is 5.89. The van der Waals surface area contributed by atoms with E-state index in [4.69, 9.17) is 5.73 Å². The van der Waals surface area contributed by atoms with Gasteiger partial charge in [0.1, 0.15) is 6.54 Å². The van der Waals surface area contributed by atoms with Gasteiger partial charge in [0.25, 0.3) is 0 Å². The van der Waals surface area contributed by atoms with Gasteiger partial charge in [-0.3, -0.25) is 9.48 Å². The monoisotopic (exact) mass is 354 g/mol. The maximum Gasteiger partial charge on any atom is 0.393 e. The topological polar surface area (TPSA) is 64.2 Å². The Morgan fingerprint density at radius 3 is 2.39 bits per heavy atom. The summed E-state index contributed by atoms with van der Waals surface area (Å²) in [6.07, 6.45) is -4.45. The van der Waals surface area contributed by atoms with Gasteiger partial charge in [0.05, 0.1) is 11.6 Å². The number of amides is 1. The van der Waals surface area contributed by atoms with Crippen LogP contribution in [-0.2, 0) is 11.3 Å². The van der Waals surface area contributed by atoms with Gasteiger partial charge in [-0.1, -0.05) is 0 Å². The first kappa shape index (κ1) is 19.8. The Labute approximate surface area is 139 Å². The second-order valence-corrected chi connectivity index (χ2v) is 5.89. The number of hydrogen-bond donors (Lipinski definition) is 1. The molecule has 9 heteroatoms. The van der Waals surface area contributed by atoms with Crippen LogP contribution < -0.4 is 5.73 Å². The minimum atomic E-state index is -4.30. The Kier molecular flexibility index (Phi) is 6.09. The smallest absolute Gasteiger partial charge is 0.340 e. The Morgan fingerprint density at radius 2 is 1.96 bits per heavy atom. The first-order chi connectivity index (χ1) is 10.1. The zero-order valence-corrected chi connectivity index (χ0v) is 14.2. The standard InChI is InChI=1S/C14H21F3N4O.ClH/c1-8-9(2)19-21(10(8)3)7-13(22)20-5-4-11(12(18)6-20)14(15,16)17;/h11-12H,4-7,18H2,1-3H3;1H. The van der Waals surface area contributed by atoms with Crippen molar-refractivity contribution in [1.82, 2.24) is 14.7 Å². The van der Waals surface area contributed by atoms with Gasteiger partial charge in [-0.15, -0.1) is 12.4 Å². The van der Waals surface area contributed by atoms with Crippen LogP contribution in [0.4, 0.5) is 13.2 Å². The van der Waals surface area contributed by atoms with Crippen LogP contribution in [0.2, 0.25) is 0 Å². The van der Waals surface area contributed by atoms with E-state index in [0.29, 0.717) is 0 Å². The van der Waals surface area contributed by atoms with Crippen molar-refractivity contribution in [2.75, 3.05) is 13.1 Å². The molecule has 1 aromatic heterocycles. The summed E-state index contributed by atoms with van der Waals surface area (Å²) in [6, 6.07) is -1.07. The number of aryl methyl sites for hydroxylation is 1. The number of carbonyl (C=O) groups is 1. The predicted octanol–water partition coefficient (Wildman–Crippen LogP) is 1.97. The molecule has 2 N–H and O–H groups in total. The van der Waals surface area contributed by atoms with Crippen LogP contribution in [0.1, 0.15) is 23.4 Å². The molecule has 1 aliphatic heterocycles. The maximum atomic E-state index is 12.8.